The second kappa shape index (κ2) is 8.48. The number of amides is 4. The van der Waals surface area contributed by atoms with Crippen LogP contribution in [0.5, 0.6) is 0 Å². The summed E-state index contributed by atoms with van der Waals surface area (Å²) in [7, 11) is 0. The average Bonchev–Trinajstić information content (AvgIpc) is 3.00. The van der Waals surface area contributed by atoms with E-state index in [1.54, 1.807) is 24.3 Å². The van der Waals surface area contributed by atoms with E-state index in [1.165, 1.54) is 0 Å². The first-order valence-corrected chi connectivity index (χ1v) is 11.3. The summed E-state index contributed by atoms with van der Waals surface area (Å²) in [6.07, 6.45) is 1.56. The fraction of sp³-hybridized carbons (Fsp3) is 0.192. The van der Waals surface area contributed by atoms with Crippen molar-refractivity contribution in [2.45, 2.75) is 34.6 Å². The molecule has 168 valence electrons. The molecule has 33 heavy (non-hydrogen) atoms. The van der Waals surface area contributed by atoms with Crippen LogP contribution >= 0.6 is 15.9 Å². The monoisotopic (exact) mass is 505 g/mol. The van der Waals surface area contributed by atoms with Gasteiger partial charge in [-0.3, -0.25) is 14.9 Å². The van der Waals surface area contributed by atoms with Crippen molar-refractivity contribution < 1.29 is 14.4 Å². The molecule has 1 aliphatic heterocycles. The maximum absolute atomic E-state index is 13.3. The first-order chi connectivity index (χ1) is 15.6. The Balaban J connectivity index is 1.78. The van der Waals surface area contributed by atoms with E-state index in [1.807, 2.05) is 40.7 Å². The second-order valence-corrected chi connectivity index (χ2v) is 9.25. The normalized spacial score (nSPS) is 15.4. The molecule has 2 aromatic carbocycles. The molecule has 4 rings (SSSR count). The van der Waals surface area contributed by atoms with Gasteiger partial charge in [0.1, 0.15) is 5.57 Å². The Hall–Kier alpha value is -3.45. The SMILES string of the molecule is Cc1cc(C)cc(-n2c(C)cc(/C=C3\C(=O)NC(=O)N(c4ccc(Br)c(C)c4)C3=O)c2C)c1. The van der Waals surface area contributed by atoms with Gasteiger partial charge in [-0.05, 0) is 99.3 Å². The minimum Gasteiger partial charge on any atom is -0.318 e. The van der Waals surface area contributed by atoms with E-state index in [0.29, 0.717) is 5.69 Å². The third-order valence-corrected chi connectivity index (χ3v) is 6.63. The molecule has 0 aliphatic carbocycles. The fourth-order valence-electron chi connectivity index (χ4n) is 4.23. The third-order valence-electron chi connectivity index (χ3n) is 5.74. The lowest BCUT2D eigenvalue weighted by Crippen LogP contribution is -2.54. The Morgan fingerprint density at radius 3 is 2.15 bits per heavy atom. The molecule has 0 unspecified atom stereocenters. The molecule has 0 saturated carbocycles. The van der Waals surface area contributed by atoms with Crippen molar-refractivity contribution in [3.8, 4) is 5.69 Å². The zero-order valence-corrected chi connectivity index (χ0v) is 20.7. The minimum absolute atomic E-state index is 0.0872. The highest BCUT2D eigenvalue weighted by Crippen LogP contribution is 2.28. The van der Waals surface area contributed by atoms with E-state index in [0.717, 1.165) is 48.7 Å². The number of carbonyl (C=O) groups is 3. The lowest BCUT2D eigenvalue weighted by Gasteiger charge is -2.26. The van der Waals surface area contributed by atoms with Crippen LogP contribution in [0.1, 0.15) is 33.6 Å². The van der Waals surface area contributed by atoms with E-state index < -0.39 is 17.8 Å². The lowest BCUT2D eigenvalue weighted by molar-refractivity contribution is -0.122. The molecule has 1 fully saturated rings. The Bertz CT molecular complexity index is 1350. The summed E-state index contributed by atoms with van der Waals surface area (Å²) in [5.41, 5.74) is 7.12. The summed E-state index contributed by atoms with van der Waals surface area (Å²) in [6.45, 7) is 9.89. The standard InChI is InChI=1S/C26H24BrN3O3/c1-14-8-15(2)10-21(9-14)29-17(4)12-19(18(29)5)13-22-24(31)28-26(33)30(25(22)32)20-6-7-23(27)16(3)11-20/h6-13H,1-5H3,(H,28,31,33)/b22-13+. The first-order valence-electron chi connectivity index (χ1n) is 10.5. The Kier molecular flexibility index (Phi) is 5.84. The number of rotatable bonds is 3. The summed E-state index contributed by atoms with van der Waals surface area (Å²) in [6, 6.07) is 12.6. The molecule has 0 radical (unpaired) electrons. The van der Waals surface area contributed by atoms with Crippen LogP contribution in [0.25, 0.3) is 11.8 Å². The number of imide groups is 2. The summed E-state index contributed by atoms with van der Waals surface area (Å²) in [5.74, 6) is -1.35. The van der Waals surface area contributed by atoms with Gasteiger partial charge in [0.05, 0.1) is 5.69 Å². The average molecular weight is 506 g/mol. The molecule has 1 aliphatic rings. The summed E-state index contributed by atoms with van der Waals surface area (Å²) >= 11 is 3.42. The number of nitrogens with one attached hydrogen (secondary N) is 1. The third kappa shape index (κ3) is 4.16. The number of aromatic nitrogens is 1. The Morgan fingerprint density at radius 1 is 0.848 bits per heavy atom. The highest BCUT2D eigenvalue weighted by molar-refractivity contribution is 9.10. The van der Waals surface area contributed by atoms with Gasteiger partial charge in [0.25, 0.3) is 11.8 Å². The zero-order valence-electron chi connectivity index (χ0n) is 19.1. The largest absolute Gasteiger partial charge is 0.335 e. The summed E-state index contributed by atoms with van der Waals surface area (Å²) < 4.78 is 2.96. The molecular weight excluding hydrogens is 482 g/mol. The second-order valence-electron chi connectivity index (χ2n) is 8.40. The number of nitrogens with zero attached hydrogens (tertiary/aromatic N) is 2. The van der Waals surface area contributed by atoms with Crippen LogP contribution < -0.4 is 10.2 Å². The van der Waals surface area contributed by atoms with Crippen LogP contribution in [0.4, 0.5) is 10.5 Å². The van der Waals surface area contributed by atoms with Gasteiger partial charge >= 0.3 is 6.03 Å². The number of carbonyl (C=O) groups excluding carboxylic acids is 3. The van der Waals surface area contributed by atoms with Gasteiger partial charge in [-0.15, -0.1) is 0 Å². The van der Waals surface area contributed by atoms with Crippen molar-refractivity contribution in [2.75, 3.05) is 4.90 Å². The number of hydrogen-bond acceptors (Lipinski definition) is 3. The number of barbiturate groups is 1. The molecule has 3 aromatic rings. The molecule has 0 spiro atoms. The van der Waals surface area contributed by atoms with Crippen molar-refractivity contribution in [2.24, 2.45) is 0 Å². The van der Waals surface area contributed by atoms with Crippen LogP contribution in [0.2, 0.25) is 0 Å². The Morgan fingerprint density at radius 2 is 1.52 bits per heavy atom. The molecule has 2 heterocycles. The van der Waals surface area contributed by atoms with Gasteiger partial charge in [-0.2, -0.15) is 0 Å². The maximum atomic E-state index is 13.3. The highest BCUT2D eigenvalue weighted by Gasteiger charge is 2.37. The van der Waals surface area contributed by atoms with Gasteiger partial charge in [0.15, 0.2) is 0 Å². The van der Waals surface area contributed by atoms with Crippen molar-refractivity contribution in [3.63, 3.8) is 0 Å². The van der Waals surface area contributed by atoms with E-state index in [-0.39, 0.29) is 5.57 Å². The first kappa shape index (κ1) is 22.7. The number of aryl methyl sites for hydroxylation is 4. The van der Waals surface area contributed by atoms with E-state index in [4.69, 9.17) is 0 Å². The van der Waals surface area contributed by atoms with Gasteiger partial charge in [0, 0.05) is 21.5 Å². The van der Waals surface area contributed by atoms with Crippen LogP contribution in [0, 0.1) is 34.6 Å². The van der Waals surface area contributed by atoms with E-state index in [9.17, 15) is 14.4 Å². The quantitative estimate of drug-likeness (QED) is 0.380. The number of anilines is 1. The summed E-state index contributed by atoms with van der Waals surface area (Å²) in [4.78, 5) is 39.4. The number of urea groups is 1. The highest BCUT2D eigenvalue weighted by atomic mass is 79.9. The molecule has 1 saturated heterocycles. The van der Waals surface area contributed by atoms with Crippen molar-refractivity contribution in [1.82, 2.24) is 9.88 Å². The Labute approximate surface area is 201 Å². The van der Waals surface area contributed by atoms with Crippen LogP contribution in [0.15, 0.2) is 52.5 Å². The van der Waals surface area contributed by atoms with Crippen LogP contribution in [-0.4, -0.2) is 22.4 Å². The van der Waals surface area contributed by atoms with Crippen molar-refractivity contribution >= 4 is 45.5 Å². The lowest BCUT2D eigenvalue weighted by atomic mass is 10.1. The predicted octanol–water partition coefficient (Wildman–Crippen LogP) is 5.45. The van der Waals surface area contributed by atoms with E-state index in [2.05, 4.69) is 44.0 Å². The van der Waals surface area contributed by atoms with Gasteiger partial charge in [-0.25, -0.2) is 9.69 Å². The fourth-order valence-corrected chi connectivity index (χ4v) is 4.47. The van der Waals surface area contributed by atoms with Gasteiger partial charge < -0.3 is 4.57 Å². The molecule has 0 atom stereocenters. The molecule has 6 nitrogen and oxygen atoms in total. The van der Waals surface area contributed by atoms with Gasteiger partial charge in [0.2, 0.25) is 0 Å². The number of benzene rings is 2. The maximum Gasteiger partial charge on any atom is 0.335 e. The molecule has 0 bridgehead atoms. The smallest absolute Gasteiger partial charge is 0.318 e. The molecule has 4 amide bonds. The number of halogens is 1. The zero-order chi connectivity index (χ0) is 24.0. The van der Waals surface area contributed by atoms with Crippen molar-refractivity contribution in [3.05, 3.63) is 86.2 Å². The number of hydrogen-bond donors (Lipinski definition) is 1. The van der Waals surface area contributed by atoms with E-state index >= 15 is 0 Å². The van der Waals surface area contributed by atoms with Crippen LogP contribution in [-0.2, 0) is 9.59 Å². The predicted molar refractivity (Wildman–Crippen MR) is 133 cm³/mol. The molecular formula is C26H24BrN3O3. The van der Waals surface area contributed by atoms with Gasteiger partial charge in [-0.1, -0.05) is 22.0 Å². The van der Waals surface area contributed by atoms with Crippen LogP contribution in [0.3, 0.4) is 0 Å². The molecule has 1 aromatic heterocycles. The molecule has 7 heteroatoms. The molecule has 1 N–H and O–H groups in total. The summed E-state index contributed by atoms with van der Waals surface area (Å²) in [5, 5.41) is 2.29. The topological polar surface area (TPSA) is 71.4 Å². The van der Waals surface area contributed by atoms with Crippen molar-refractivity contribution in [1.29, 1.82) is 0 Å². The minimum atomic E-state index is -0.760.